The minimum absolute atomic E-state index is 0.259. The molecule has 1 aliphatic rings. The van der Waals surface area contributed by atoms with Gasteiger partial charge in [0, 0.05) is 24.3 Å². The lowest BCUT2D eigenvalue weighted by molar-refractivity contribution is 0.102. The van der Waals surface area contributed by atoms with E-state index in [-0.39, 0.29) is 5.91 Å². The normalized spacial score (nSPS) is 15.4. The summed E-state index contributed by atoms with van der Waals surface area (Å²) in [5, 5.41) is 3.72. The van der Waals surface area contributed by atoms with E-state index in [0.717, 1.165) is 24.8 Å². The highest BCUT2D eigenvalue weighted by Gasteiger charge is 2.17. The number of nitrogens with one attached hydrogen (secondary N) is 1. The standard InChI is InChI=1S/C18H19Cl2N3O/c1-12-6-8-23(9-7-12)17-5-2-13(11-21-17)18(24)22-16-10-14(19)3-4-15(16)20/h2-5,10-12H,6-9H2,1H3,(H,22,24). The lowest BCUT2D eigenvalue weighted by atomic mass is 9.99. The van der Waals surface area contributed by atoms with Crippen LogP contribution < -0.4 is 10.2 Å². The van der Waals surface area contributed by atoms with E-state index >= 15 is 0 Å². The van der Waals surface area contributed by atoms with E-state index in [1.54, 1.807) is 30.5 Å². The minimum Gasteiger partial charge on any atom is -0.357 e. The molecular formula is C18H19Cl2N3O. The summed E-state index contributed by atoms with van der Waals surface area (Å²) in [6.07, 6.45) is 3.95. The molecule has 1 saturated heterocycles. The van der Waals surface area contributed by atoms with Crippen LogP contribution in [-0.4, -0.2) is 24.0 Å². The van der Waals surface area contributed by atoms with Crippen LogP contribution in [0.3, 0.4) is 0 Å². The number of piperidine rings is 1. The number of nitrogens with zero attached hydrogens (tertiary/aromatic N) is 2. The summed E-state index contributed by atoms with van der Waals surface area (Å²) in [7, 11) is 0. The van der Waals surface area contributed by atoms with Crippen LogP contribution >= 0.6 is 23.2 Å². The highest BCUT2D eigenvalue weighted by Crippen LogP contribution is 2.26. The first kappa shape index (κ1) is 17.1. The fourth-order valence-electron chi connectivity index (χ4n) is 2.73. The summed E-state index contributed by atoms with van der Waals surface area (Å²) in [6, 6.07) is 8.63. The molecule has 4 nitrogen and oxygen atoms in total. The van der Waals surface area contributed by atoms with Crippen LogP contribution in [0.4, 0.5) is 11.5 Å². The largest absolute Gasteiger partial charge is 0.357 e. The smallest absolute Gasteiger partial charge is 0.257 e. The van der Waals surface area contributed by atoms with Gasteiger partial charge in [-0.1, -0.05) is 30.1 Å². The second kappa shape index (κ2) is 7.41. The monoisotopic (exact) mass is 363 g/mol. The molecule has 1 aromatic heterocycles. The molecular weight excluding hydrogens is 345 g/mol. The molecule has 0 unspecified atom stereocenters. The average Bonchev–Trinajstić information content (AvgIpc) is 2.59. The Hall–Kier alpha value is -1.78. The van der Waals surface area contributed by atoms with Crippen LogP contribution in [0.1, 0.15) is 30.1 Å². The van der Waals surface area contributed by atoms with Crippen molar-refractivity contribution in [1.82, 2.24) is 4.98 Å². The van der Waals surface area contributed by atoms with E-state index in [0.29, 0.717) is 21.3 Å². The number of aromatic nitrogens is 1. The Morgan fingerprint density at radius 1 is 1.21 bits per heavy atom. The van der Waals surface area contributed by atoms with Gasteiger partial charge in [0.05, 0.1) is 16.3 Å². The molecule has 2 aromatic rings. The number of carbonyl (C=O) groups excluding carboxylic acids is 1. The molecule has 3 rings (SSSR count). The fraction of sp³-hybridized carbons (Fsp3) is 0.333. The maximum atomic E-state index is 12.3. The number of hydrogen-bond acceptors (Lipinski definition) is 3. The van der Waals surface area contributed by atoms with Crippen LogP contribution in [0.2, 0.25) is 10.0 Å². The van der Waals surface area contributed by atoms with Crippen molar-refractivity contribution < 1.29 is 4.79 Å². The summed E-state index contributed by atoms with van der Waals surface area (Å²) < 4.78 is 0. The van der Waals surface area contributed by atoms with Gasteiger partial charge >= 0.3 is 0 Å². The zero-order valence-corrected chi connectivity index (χ0v) is 14.9. The first-order chi connectivity index (χ1) is 11.5. The third kappa shape index (κ3) is 4.00. The van der Waals surface area contributed by atoms with Crippen LogP contribution in [-0.2, 0) is 0 Å². The van der Waals surface area contributed by atoms with Crippen molar-refractivity contribution in [1.29, 1.82) is 0 Å². The summed E-state index contributed by atoms with van der Waals surface area (Å²) in [5.74, 6) is 1.43. The number of rotatable bonds is 3. The maximum Gasteiger partial charge on any atom is 0.257 e. The Morgan fingerprint density at radius 2 is 1.96 bits per heavy atom. The first-order valence-corrected chi connectivity index (χ1v) is 8.76. The van der Waals surface area contributed by atoms with Gasteiger partial charge in [-0.2, -0.15) is 0 Å². The van der Waals surface area contributed by atoms with E-state index < -0.39 is 0 Å². The SMILES string of the molecule is CC1CCN(c2ccc(C(=O)Nc3cc(Cl)ccc3Cl)cn2)CC1. The van der Waals surface area contributed by atoms with Crippen LogP contribution in [0.5, 0.6) is 0 Å². The fourth-order valence-corrected chi connectivity index (χ4v) is 3.07. The molecule has 1 aliphatic heterocycles. The lowest BCUT2D eigenvalue weighted by Gasteiger charge is -2.31. The van der Waals surface area contributed by atoms with Gasteiger partial charge in [0.25, 0.3) is 5.91 Å². The zero-order valence-electron chi connectivity index (χ0n) is 13.4. The van der Waals surface area contributed by atoms with E-state index in [1.807, 2.05) is 6.07 Å². The van der Waals surface area contributed by atoms with Crippen molar-refractivity contribution >= 4 is 40.6 Å². The average molecular weight is 364 g/mol. The quantitative estimate of drug-likeness (QED) is 0.845. The Bertz CT molecular complexity index is 726. The Morgan fingerprint density at radius 3 is 2.62 bits per heavy atom. The summed E-state index contributed by atoms with van der Waals surface area (Å²) >= 11 is 12.0. The number of pyridine rings is 1. The molecule has 1 amide bonds. The predicted molar refractivity (Wildman–Crippen MR) is 99.3 cm³/mol. The van der Waals surface area contributed by atoms with E-state index in [4.69, 9.17) is 23.2 Å². The maximum absolute atomic E-state index is 12.3. The van der Waals surface area contributed by atoms with Gasteiger partial charge in [-0.05, 0) is 49.1 Å². The Labute approximate surface area is 151 Å². The van der Waals surface area contributed by atoms with Gasteiger partial charge in [-0.25, -0.2) is 4.98 Å². The van der Waals surface area contributed by atoms with Crippen molar-refractivity contribution in [2.45, 2.75) is 19.8 Å². The molecule has 1 N–H and O–H groups in total. The van der Waals surface area contributed by atoms with Crippen molar-refractivity contribution in [2.24, 2.45) is 5.92 Å². The topological polar surface area (TPSA) is 45.2 Å². The molecule has 0 bridgehead atoms. The Balaban J connectivity index is 1.68. The van der Waals surface area contributed by atoms with Gasteiger partial charge in [0.2, 0.25) is 0 Å². The second-order valence-electron chi connectivity index (χ2n) is 6.15. The zero-order chi connectivity index (χ0) is 17.1. The molecule has 1 aromatic carbocycles. The molecule has 0 aliphatic carbocycles. The molecule has 126 valence electrons. The summed E-state index contributed by atoms with van der Waals surface area (Å²) in [6.45, 7) is 4.30. The predicted octanol–water partition coefficient (Wildman–Crippen LogP) is 4.88. The molecule has 2 heterocycles. The third-order valence-electron chi connectivity index (χ3n) is 4.29. The number of carbonyl (C=O) groups is 1. The van der Waals surface area contributed by atoms with Crippen molar-refractivity contribution in [3.63, 3.8) is 0 Å². The van der Waals surface area contributed by atoms with Gasteiger partial charge in [0.15, 0.2) is 0 Å². The Kier molecular flexibility index (Phi) is 5.27. The highest BCUT2D eigenvalue weighted by molar-refractivity contribution is 6.35. The molecule has 0 radical (unpaired) electrons. The first-order valence-electron chi connectivity index (χ1n) is 8.00. The number of anilines is 2. The third-order valence-corrected chi connectivity index (χ3v) is 4.86. The van der Waals surface area contributed by atoms with E-state index in [9.17, 15) is 4.79 Å². The van der Waals surface area contributed by atoms with E-state index in [1.165, 1.54) is 12.8 Å². The number of halogens is 2. The number of amides is 1. The van der Waals surface area contributed by atoms with E-state index in [2.05, 4.69) is 22.1 Å². The molecule has 0 spiro atoms. The molecule has 1 fully saturated rings. The molecule has 0 atom stereocenters. The number of benzene rings is 1. The van der Waals surface area contributed by atoms with Crippen LogP contribution in [0.15, 0.2) is 36.5 Å². The number of hydrogen-bond donors (Lipinski definition) is 1. The molecule has 6 heteroatoms. The second-order valence-corrected chi connectivity index (χ2v) is 7.00. The highest BCUT2D eigenvalue weighted by atomic mass is 35.5. The lowest BCUT2D eigenvalue weighted by Crippen LogP contribution is -2.33. The van der Waals surface area contributed by atoms with Crippen molar-refractivity contribution in [3.05, 3.63) is 52.1 Å². The minimum atomic E-state index is -0.259. The van der Waals surface area contributed by atoms with Crippen molar-refractivity contribution in [2.75, 3.05) is 23.3 Å². The molecule has 0 saturated carbocycles. The van der Waals surface area contributed by atoms with Gasteiger partial charge in [-0.15, -0.1) is 0 Å². The molecule has 24 heavy (non-hydrogen) atoms. The van der Waals surface area contributed by atoms with Crippen molar-refractivity contribution in [3.8, 4) is 0 Å². The summed E-state index contributed by atoms with van der Waals surface area (Å²) in [5.41, 5.74) is 0.975. The van der Waals surface area contributed by atoms with Crippen LogP contribution in [0.25, 0.3) is 0 Å². The van der Waals surface area contributed by atoms with Gasteiger partial charge in [0.1, 0.15) is 5.82 Å². The van der Waals surface area contributed by atoms with Gasteiger partial charge < -0.3 is 10.2 Å². The van der Waals surface area contributed by atoms with Gasteiger partial charge in [-0.3, -0.25) is 4.79 Å². The van der Waals surface area contributed by atoms with Crippen LogP contribution in [0, 0.1) is 5.92 Å². The summed E-state index contributed by atoms with van der Waals surface area (Å²) in [4.78, 5) is 19.0.